The van der Waals surface area contributed by atoms with Crippen LogP contribution in [0.2, 0.25) is 5.02 Å². The number of urea groups is 1. The molecule has 0 radical (unpaired) electrons. The summed E-state index contributed by atoms with van der Waals surface area (Å²) in [7, 11) is 0. The molecule has 6 nitrogen and oxygen atoms in total. The summed E-state index contributed by atoms with van der Waals surface area (Å²) in [6, 6.07) is 4.77. The fraction of sp³-hybridized carbons (Fsp3) is 0.308. The van der Waals surface area contributed by atoms with Gasteiger partial charge in [-0.1, -0.05) is 11.6 Å². The molecular formula is C13H14ClN3O3S. The Morgan fingerprint density at radius 3 is 2.86 bits per heavy atom. The van der Waals surface area contributed by atoms with Crippen LogP contribution in [0.4, 0.5) is 4.79 Å². The molecule has 1 saturated heterocycles. The van der Waals surface area contributed by atoms with E-state index in [2.05, 4.69) is 10.6 Å². The van der Waals surface area contributed by atoms with Crippen molar-refractivity contribution in [2.24, 2.45) is 0 Å². The number of imide groups is 1. The first-order valence-electron chi connectivity index (χ1n) is 6.23. The van der Waals surface area contributed by atoms with Crippen molar-refractivity contribution >= 4 is 41.2 Å². The minimum Gasteiger partial charge on any atom is -0.350 e. The molecular weight excluding hydrogens is 314 g/mol. The van der Waals surface area contributed by atoms with Crippen LogP contribution in [0, 0.1) is 0 Å². The van der Waals surface area contributed by atoms with Gasteiger partial charge >= 0.3 is 6.03 Å². The second kappa shape index (κ2) is 6.82. The van der Waals surface area contributed by atoms with Crippen LogP contribution in [-0.4, -0.2) is 48.6 Å². The van der Waals surface area contributed by atoms with E-state index in [1.165, 1.54) is 11.8 Å². The van der Waals surface area contributed by atoms with Crippen molar-refractivity contribution in [1.29, 1.82) is 0 Å². The highest BCUT2D eigenvalue weighted by Crippen LogP contribution is 2.22. The monoisotopic (exact) mass is 327 g/mol. The molecule has 2 rings (SSSR count). The summed E-state index contributed by atoms with van der Waals surface area (Å²) in [6.07, 6.45) is 1.91. The molecule has 0 saturated carbocycles. The molecule has 1 aromatic rings. The number of carbonyl (C=O) groups excluding carboxylic acids is 3. The van der Waals surface area contributed by atoms with Gasteiger partial charge in [0.15, 0.2) is 0 Å². The number of nitrogens with zero attached hydrogens (tertiary/aromatic N) is 1. The van der Waals surface area contributed by atoms with Gasteiger partial charge in [-0.15, -0.1) is 11.8 Å². The summed E-state index contributed by atoms with van der Waals surface area (Å²) in [4.78, 5) is 36.8. The zero-order valence-electron chi connectivity index (χ0n) is 11.3. The van der Waals surface area contributed by atoms with Gasteiger partial charge in [-0.3, -0.25) is 14.5 Å². The molecule has 0 spiro atoms. The van der Waals surface area contributed by atoms with Gasteiger partial charge in [0.1, 0.15) is 0 Å². The number of hydrogen-bond acceptors (Lipinski definition) is 4. The first-order valence-corrected chi connectivity index (χ1v) is 7.83. The summed E-state index contributed by atoms with van der Waals surface area (Å²) >= 11 is 7.51. The third-order valence-electron chi connectivity index (χ3n) is 2.98. The summed E-state index contributed by atoms with van der Waals surface area (Å²) in [5.41, 5.74) is 0.376. The lowest BCUT2D eigenvalue weighted by Gasteiger charge is -2.13. The lowest BCUT2D eigenvalue weighted by atomic mass is 10.2. The van der Waals surface area contributed by atoms with E-state index in [-0.39, 0.29) is 31.4 Å². The molecule has 21 heavy (non-hydrogen) atoms. The second-order valence-corrected chi connectivity index (χ2v) is 5.59. The topological polar surface area (TPSA) is 78.5 Å². The maximum Gasteiger partial charge on any atom is 0.324 e. The van der Waals surface area contributed by atoms with Crippen molar-refractivity contribution in [3.8, 4) is 0 Å². The van der Waals surface area contributed by atoms with Crippen molar-refractivity contribution in [3.05, 3.63) is 28.8 Å². The van der Waals surface area contributed by atoms with E-state index < -0.39 is 6.03 Å². The van der Waals surface area contributed by atoms with Gasteiger partial charge < -0.3 is 10.6 Å². The Morgan fingerprint density at radius 1 is 1.48 bits per heavy atom. The molecule has 0 bridgehead atoms. The Labute approximate surface area is 131 Å². The maximum atomic E-state index is 12.1. The summed E-state index contributed by atoms with van der Waals surface area (Å²) in [5.74, 6) is -0.625. The third kappa shape index (κ3) is 3.68. The van der Waals surface area contributed by atoms with Crippen LogP contribution in [0.25, 0.3) is 0 Å². The average Bonchev–Trinajstić information content (AvgIpc) is 2.79. The molecule has 1 heterocycles. The van der Waals surface area contributed by atoms with E-state index >= 15 is 0 Å². The number of hydrogen-bond donors (Lipinski definition) is 2. The summed E-state index contributed by atoms with van der Waals surface area (Å²) in [5, 5.41) is 5.43. The van der Waals surface area contributed by atoms with Crippen molar-refractivity contribution < 1.29 is 14.4 Å². The standard InChI is InChI=1S/C13H14ClN3O3S/c1-21-8-2-3-10(14)9(6-8)12(19)15-4-5-17-11(18)7-16-13(17)20/h2-3,6H,4-5,7H2,1H3,(H,15,19)(H,16,20). The number of benzene rings is 1. The van der Waals surface area contributed by atoms with E-state index in [1.807, 2.05) is 12.3 Å². The molecule has 0 aliphatic carbocycles. The Bertz CT molecular complexity index is 578. The molecule has 0 aromatic heterocycles. The van der Waals surface area contributed by atoms with Gasteiger partial charge in [-0.2, -0.15) is 0 Å². The normalized spacial score (nSPS) is 14.3. The van der Waals surface area contributed by atoms with Gasteiger partial charge in [0, 0.05) is 18.0 Å². The molecule has 0 unspecified atom stereocenters. The number of thioether (sulfide) groups is 1. The van der Waals surface area contributed by atoms with Gasteiger partial charge in [-0.05, 0) is 24.5 Å². The van der Waals surface area contributed by atoms with Crippen molar-refractivity contribution in [1.82, 2.24) is 15.5 Å². The van der Waals surface area contributed by atoms with Crippen LogP contribution in [0.1, 0.15) is 10.4 Å². The Hall–Kier alpha value is -1.73. The van der Waals surface area contributed by atoms with E-state index in [9.17, 15) is 14.4 Å². The molecule has 0 atom stereocenters. The fourth-order valence-electron chi connectivity index (χ4n) is 1.86. The molecule has 8 heteroatoms. The van der Waals surface area contributed by atoms with Crippen LogP contribution < -0.4 is 10.6 Å². The first kappa shape index (κ1) is 15.7. The summed E-state index contributed by atoms with van der Waals surface area (Å²) in [6.45, 7) is 0.322. The largest absolute Gasteiger partial charge is 0.350 e. The van der Waals surface area contributed by atoms with Crippen LogP contribution in [0.5, 0.6) is 0 Å². The Kier molecular flexibility index (Phi) is 5.08. The lowest BCUT2D eigenvalue weighted by molar-refractivity contribution is -0.124. The fourth-order valence-corrected chi connectivity index (χ4v) is 2.51. The number of nitrogens with one attached hydrogen (secondary N) is 2. The lowest BCUT2D eigenvalue weighted by Crippen LogP contribution is -2.38. The maximum absolute atomic E-state index is 12.1. The minimum atomic E-state index is -0.434. The molecule has 1 aliphatic rings. The second-order valence-electron chi connectivity index (χ2n) is 4.31. The summed E-state index contributed by atoms with van der Waals surface area (Å²) < 4.78 is 0. The number of rotatable bonds is 5. The highest BCUT2D eigenvalue weighted by atomic mass is 35.5. The van der Waals surface area contributed by atoms with E-state index in [0.717, 1.165) is 9.80 Å². The zero-order valence-corrected chi connectivity index (χ0v) is 12.9. The van der Waals surface area contributed by atoms with Crippen molar-refractivity contribution in [2.45, 2.75) is 4.90 Å². The Balaban J connectivity index is 1.93. The van der Waals surface area contributed by atoms with Gasteiger partial charge in [-0.25, -0.2) is 4.79 Å². The number of halogens is 1. The number of carbonyl (C=O) groups is 3. The number of amides is 4. The quantitative estimate of drug-likeness (QED) is 0.632. The predicted molar refractivity (Wildman–Crippen MR) is 80.7 cm³/mol. The predicted octanol–water partition coefficient (Wildman–Crippen LogP) is 1.34. The van der Waals surface area contributed by atoms with E-state index in [1.54, 1.807) is 12.1 Å². The molecule has 2 N–H and O–H groups in total. The average molecular weight is 328 g/mol. The van der Waals surface area contributed by atoms with Gasteiger partial charge in [0.05, 0.1) is 17.1 Å². The first-order chi connectivity index (χ1) is 10.0. The van der Waals surface area contributed by atoms with Crippen molar-refractivity contribution in [2.75, 3.05) is 25.9 Å². The molecule has 112 valence electrons. The third-order valence-corrected chi connectivity index (χ3v) is 4.03. The van der Waals surface area contributed by atoms with E-state index in [0.29, 0.717) is 10.6 Å². The van der Waals surface area contributed by atoms with Gasteiger partial charge in [0.2, 0.25) is 5.91 Å². The molecule has 1 aromatic carbocycles. The van der Waals surface area contributed by atoms with Crippen LogP contribution in [0.15, 0.2) is 23.1 Å². The Morgan fingerprint density at radius 2 is 2.24 bits per heavy atom. The highest BCUT2D eigenvalue weighted by molar-refractivity contribution is 7.98. The molecule has 1 aliphatic heterocycles. The van der Waals surface area contributed by atoms with Crippen LogP contribution >= 0.6 is 23.4 Å². The molecule has 4 amide bonds. The van der Waals surface area contributed by atoms with Crippen LogP contribution in [-0.2, 0) is 4.79 Å². The highest BCUT2D eigenvalue weighted by Gasteiger charge is 2.27. The van der Waals surface area contributed by atoms with Gasteiger partial charge in [0.25, 0.3) is 5.91 Å². The van der Waals surface area contributed by atoms with Crippen LogP contribution in [0.3, 0.4) is 0 Å². The smallest absolute Gasteiger partial charge is 0.324 e. The van der Waals surface area contributed by atoms with E-state index in [4.69, 9.17) is 11.6 Å². The minimum absolute atomic E-state index is 0.00831. The SMILES string of the molecule is CSc1ccc(Cl)c(C(=O)NCCN2C(=O)CNC2=O)c1. The van der Waals surface area contributed by atoms with Crippen molar-refractivity contribution in [3.63, 3.8) is 0 Å². The molecule has 1 fully saturated rings. The zero-order chi connectivity index (χ0) is 15.4.